The fourth-order valence-electron chi connectivity index (χ4n) is 8.97. The molecule has 0 amide bonds. The fraction of sp³-hybridized carbons (Fsp3) is 0. The number of rotatable bonds is 7. The first-order valence-corrected chi connectivity index (χ1v) is 21.2. The molecule has 0 radical (unpaired) electrons. The Morgan fingerprint density at radius 1 is 0.302 bits per heavy atom. The van der Waals surface area contributed by atoms with Crippen molar-refractivity contribution in [2.24, 2.45) is 0 Å². The van der Waals surface area contributed by atoms with Gasteiger partial charge in [0.05, 0.1) is 33.5 Å². The van der Waals surface area contributed by atoms with Crippen molar-refractivity contribution in [1.82, 2.24) is 24.5 Å². The lowest BCUT2D eigenvalue weighted by atomic mass is 9.96. The normalized spacial score (nSPS) is 11.5. The zero-order chi connectivity index (χ0) is 41.7. The molecule has 5 heteroatoms. The molecule has 5 nitrogen and oxygen atoms in total. The van der Waals surface area contributed by atoms with Gasteiger partial charge in [0.2, 0.25) is 0 Å². The van der Waals surface area contributed by atoms with Gasteiger partial charge < -0.3 is 0 Å². The van der Waals surface area contributed by atoms with Crippen molar-refractivity contribution in [3.05, 3.63) is 224 Å². The molecule has 0 bridgehead atoms. The van der Waals surface area contributed by atoms with E-state index in [4.69, 9.17) is 19.9 Å². The van der Waals surface area contributed by atoms with Crippen molar-refractivity contribution >= 4 is 43.6 Å². The average molecular weight is 804 g/mol. The van der Waals surface area contributed by atoms with Crippen LogP contribution in [0.5, 0.6) is 0 Å². The van der Waals surface area contributed by atoms with Crippen LogP contribution in [0.3, 0.4) is 0 Å². The number of hydrogen-bond acceptors (Lipinski definition) is 4. The van der Waals surface area contributed by atoms with Crippen molar-refractivity contribution in [2.75, 3.05) is 0 Å². The summed E-state index contributed by atoms with van der Waals surface area (Å²) in [5, 5.41) is 4.28. The molecule has 0 unspecified atom stereocenters. The monoisotopic (exact) mass is 803 g/mol. The summed E-state index contributed by atoms with van der Waals surface area (Å²) in [4.78, 5) is 21.2. The molecule has 3 heterocycles. The van der Waals surface area contributed by atoms with E-state index >= 15 is 0 Å². The van der Waals surface area contributed by atoms with Crippen molar-refractivity contribution in [3.8, 4) is 73.2 Å². The minimum absolute atomic E-state index is 0.688. The first kappa shape index (κ1) is 36.3. The molecule has 0 spiro atoms. The SMILES string of the molecule is c1ccc(-c2cccc(-c3nc(-c4cccc(-c5ccc(-c6nc7ccccc7c7ccc8c(nc(-c9ccccc9)n8-c8ccccc8)c67)cc5)c4)nc4ccccc34)c2)cc1. The fourth-order valence-corrected chi connectivity index (χ4v) is 8.97. The molecule has 0 saturated carbocycles. The third kappa shape index (κ3) is 6.42. The van der Waals surface area contributed by atoms with Crippen molar-refractivity contribution in [1.29, 1.82) is 0 Å². The molecule has 12 rings (SSSR count). The highest BCUT2D eigenvalue weighted by molar-refractivity contribution is 6.20. The van der Waals surface area contributed by atoms with Gasteiger partial charge in [0.25, 0.3) is 0 Å². The molecule has 9 aromatic carbocycles. The topological polar surface area (TPSA) is 56.5 Å². The van der Waals surface area contributed by atoms with Gasteiger partial charge in [-0.05, 0) is 70.1 Å². The summed E-state index contributed by atoms with van der Waals surface area (Å²) in [5.74, 6) is 1.58. The maximum atomic E-state index is 5.46. The third-order valence-electron chi connectivity index (χ3n) is 12.0. The molecule has 0 N–H and O–H groups in total. The standard InChI is InChI=1S/C58H37N5/c1-4-16-38(17-5-1)42-20-14-22-44(36-42)54-49-27-11-13-29-51(49)60-57(61-54)45-23-15-21-43(37-45)39-30-32-40(33-31-39)55-53-48(47-26-10-12-28-50(47)59-55)34-35-52-56(53)62-58(41-18-6-2-7-19-41)63(52)46-24-8-3-9-25-46/h1-37H. The van der Waals surface area contributed by atoms with Gasteiger partial charge in [-0.2, -0.15) is 0 Å². The largest absolute Gasteiger partial charge is 0.292 e. The highest BCUT2D eigenvalue weighted by atomic mass is 15.1. The predicted octanol–water partition coefficient (Wildman–Crippen LogP) is 14.7. The summed E-state index contributed by atoms with van der Waals surface area (Å²) < 4.78 is 2.27. The number of pyridine rings is 1. The molecule has 63 heavy (non-hydrogen) atoms. The van der Waals surface area contributed by atoms with Crippen LogP contribution in [-0.4, -0.2) is 24.5 Å². The number of para-hydroxylation sites is 3. The number of benzene rings is 9. The minimum atomic E-state index is 0.688. The Labute approximate surface area is 364 Å². The van der Waals surface area contributed by atoms with Crippen LogP contribution in [0.1, 0.15) is 0 Å². The Morgan fingerprint density at radius 3 is 1.57 bits per heavy atom. The maximum Gasteiger partial charge on any atom is 0.160 e. The maximum absolute atomic E-state index is 5.46. The number of imidazole rings is 1. The first-order valence-electron chi connectivity index (χ1n) is 21.2. The summed E-state index contributed by atoms with van der Waals surface area (Å²) in [5.41, 5.74) is 15.3. The molecular formula is C58H37N5. The lowest BCUT2D eigenvalue weighted by Gasteiger charge is -2.13. The van der Waals surface area contributed by atoms with Crippen LogP contribution >= 0.6 is 0 Å². The molecule has 0 atom stereocenters. The molecule has 0 fully saturated rings. The molecule has 0 saturated heterocycles. The zero-order valence-electron chi connectivity index (χ0n) is 34.1. The molecule has 294 valence electrons. The highest BCUT2D eigenvalue weighted by Crippen LogP contribution is 2.40. The quantitative estimate of drug-likeness (QED) is 0.151. The van der Waals surface area contributed by atoms with Gasteiger partial charge in [-0.1, -0.05) is 182 Å². The molecule has 0 aliphatic heterocycles. The van der Waals surface area contributed by atoms with Crippen LogP contribution < -0.4 is 0 Å². The summed E-state index contributed by atoms with van der Waals surface area (Å²) in [6, 6.07) is 78.4. The third-order valence-corrected chi connectivity index (χ3v) is 12.0. The van der Waals surface area contributed by atoms with E-state index < -0.39 is 0 Å². The van der Waals surface area contributed by atoms with Crippen molar-refractivity contribution < 1.29 is 0 Å². The molecule has 3 aromatic heterocycles. The predicted molar refractivity (Wildman–Crippen MR) is 260 cm³/mol. The molecule has 0 aliphatic carbocycles. The summed E-state index contributed by atoms with van der Waals surface area (Å²) in [6.07, 6.45) is 0. The van der Waals surface area contributed by atoms with Gasteiger partial charge in [0, 0.05) is 44.1 Å². The highest BCUT2D eigenvalue weighted by Gasteiger charge is 2.21. The number of aromatic nitrogens is 5. The van der Waals surface area contributed by atoms with Gasteiger partial charge in [-0.25, -0.2) is 19.9 Å². The van der Waals surface area contributed by atoms with Crippen LogP contribution in [0, 0.1) is 0 Å². The summed E-state index contributed by atoms with van der Waals surface area (Å²) in [6.45, 7) is 0. The second-order valence-electron chi connectivity index (χ2n) is 15.8. The van der Waals surface area contributed by atoms with Crippen molar-refractivity contribution in [2.45, 2.75) is 0 Å². The first-order chi connectivity index (χ1) is 31.2. The van der Waals surface area contributed by atoms with E-state index in [1.165, 1.54) is 5.56 Å². The van der Waals surface area contributed by atoms with Gasteiger partial charge in [-0.3, -0.25) is 4.57 Å². The van der Waals surface area contributed by atoms with E-state index in [1.807, 2.05) is 18.2 Å². The molecular weight excluding hydrogens is 767 g/mol. The van der Waals surface area contributed by atoms with E-state index in [-0.39, 0.29) is 0 Å². The van der Waals surface area contributed by atoms with E-state index in [2.05, 4.69) is 211 Å². The second-order valence-corrected chi connectivity index (χ2v) is 15.8. The molecule has 0 aliphatic rings. The lowest BCUT2D eigenvalue weighted by Crippen LogP contribution is -1.97. The smallest absolute Gasteiger partial charge is 0.160 e. The Kier molecular flexibility index (Phi) is 8.75. The van der Waals surface area contributed by atoms with Crippen LogP contribution in [0.2, 0.25) is 0 Å². The Bertz CT molecular complexity index is 3650. The van der Waals surface area contributed by atoms with Crippen LogP contribution in [0.4, 0.5) is 0 Å². The second kappa shape index (κ2) is 15.2. The number of fused-ring (bicyclic) bond motifs is 6. The van der Waals surface area contributed by atoms with Crippen LogP contribution in [0.25, 0.3) is 117 Å². The van der Waals surface area contributed by atoms with Gasteiger partial charge in [-0.15, -0.1) is 0 Å². The summed E-state index contributed by atoms with van der Waals surface area (Å²) in [7, 11) is 0. The molecule has 12 aromatic rings. The average Bonchev–Trinajstić information content (AvgIpc) is 3.77. The number of hydrogen-bond donors (Lipinski definition) is 0. The van der Waals surface area contributed by atoms with E-state index in [0.29, 0.717) is 5.82 Å². The lowest BCUT2D eigenvalue weighted by molar-refractivity contribution is 1.10. The zero-order valence-corrected chi connectivity index (χ0v) is 34.1. The van der Waals surface area contributed by atoms with Gasteiger partial charge in [0.15, 0.2) is 5.82 Å². The van der Waals surface area contributed by atoms with E-state index in [9.17, 15) is 0 Å². The Morgan fingerprint density at radius 2 is 0.841 bits per heavy atom. The van der Waals surface area contributed by atoms with Crippen LogP contribution in [-0.2, 0) is 0 Å². The van der Waals surface area contributed by atoms with Gasteiger partial charge >= 0.3 is 0 Å². The van der Waals surface area contributed by atoms with Crippen molar-refractivity contribution in [3.63, 3.8) is 0 Å². The van der Waals surface area contributed by atoms with E-state index in [0.717, 1.165) is 105 Å². The summed E-state index contributed by atoms with van der Waals surface area (Å²) >= 11 is 0. The Balaban J connectivity index is 0.972. The Hall–Kier alpha value is -8.54. The van der Waals surface area contributed by atoms with Crippen LogP contribution in [0.15, 0.2) is 224 Å². The number of nitrogens with zero attached hydrogens (tertiary/aromatic N) is 5. The van der Waals surface area contributed by atoms with Gasteiger partial charge in [0.1, 0.15) is 5.82 Å². The minimum Gasteiger partial charge on any atom is -0.292 e. The van der Waals surface area contributed by atoms with E-state index in [1.54, 1.807) is 0 Å².